The van der Waals surface area contributed by atoms with E-state index in [9.17, 15) is 9.59 Å². The van der Waals surface area contributed by atoms with E-state index in [-0.39, 0.29) is 24.9 Å². The molecule has 24 heavy (non-hydrogen) atoms. The molecular weight excluding hydrogens is 310 g/mol. The zero-order chi connectivity index (χ0) is 17.5. The molecule has 2 heterocycles. The molecule has 1 saturated heterocycles. The van der Waals surface area contributed by atoms with Crippen LogP contribution in [0.4, 0.5) is 5.69 Å². The lowest BCUT2D eigenvalue weighted by Crippen LogP contribution is -2.56. The Balaban J connectivity index is 1.88. The first kappa shape index (κ1) is 17.8. The van der Waals surface area contributed by atoms with E-state index in [1.807, 2.05) is 25.1 Å². The summed E-state index contributed by atoms with van der Waals surface area (Å²) in [4.78, 5) is 31.8. The molecule has 1 aromatic rings. The molecule has 1 aliphatic heterocycles. The van der Waals surface area contributed by atoms with Crippen molar-refractivity contribution < 1.29 is 9.59 Å². The number of nitrogens with one attached hydrogen (secondary N) is 2. The Kier molecular flexibility index (Phi) is 6.16. The molecule has 9 heteroatoms. The van der Waals surface area contributed by atoms with Gasteiger partial charge in [0.15, 0.2) is 5.96 Å². The molecule has 0 radical (unpaired) electrons. The second-order valence-electron chi connectivity index (χ2n) is 5.59. The number of hydrogen-bond acceptors (Lipinski definition) is 4. The summed E-state index contributed by atoms with van der Waals surface area (Å²) in [5.74, 6) is 0.451. The first-order chi connectivity index (χ1) is 11.5. The number of piperazine rings is 1. The summed E-state index contributed by atoms with van der Waals surface area (Å²) in [6.45, 7) is 4.19. The van der Waals surface area contributed by atoms with Crippen LogP contribution >= 0.6 is 0 Å². The lowest BCUT2D eigenvalue weighted by molar-refractivity contribution is -0.120. The quantitative estimate of drug-likeness (QED) is 0.541. The number of hydrogen-bond donors (Lipinski definition) is 2. The second-order valence-corrected chi connectivity index (χ2v) is 5.59. The highest BCUT2D eigenvalue weighted by Crippen LogP contribution is 2.15. The average Bonchev–Trinajstić information content (AvgIpc) is 2.99. The third-order valence-corrected chi connectivity index (χ3v) is 3.71. The molecular formula is C15H25N7O2. The van der Waals surface area contributed by atoms with Crippen LogP contribution in [0.1, 0.15) is 13.3 Å². The molecule has 1 aromatic heterocycles. The van der Waals surface area contributed by atoms with Gasteiger partial charge in [0.25, 0.3) is 0 Å². The summed E-state index contributed by atoms with van der Waals surface area (Å²) in [5.41, 5.74) is 0.795. The summed E-state index contributed by atoms with van der Waals surface area (Å²) >= 11 is 0. The maximum Gasteiger partial charge on any atom is 0.246 e. The van der Waals surface area contributed by atoms with E-state index in [0.29, 0.717) is 25.6 Å². The predicted octanol–water partition coefficient (Wildman–Crippen LogP) is -0.830. The maximum atomic E-state index is 12.4. The summed E-state index contributed by atoms with van der Waals surface area (Å²) in [5, 5.41) is 9.90. The summed E-state index contributed by atoms with van der Waals surface area (Å²) in [7, 11) is 3.46. The third-order valence-electron chi connectivity index (χ3n) is 3.71. The van der Waals surface area contributed by atoms with Gasteiger partial charge in [-0.2, -0.15) is 5.10 Å². The van der Waals surface area contributed by atoms with Crippen LogP contribution in [0.3, 0.4) is 0 Å². The van der Waals surface area contributed by atoms with Crippen LogP contribution in [-0.4, -0.2) is 72.2 Å². The highest BCUT2D eigenvalue weighted by molar-refractivity contribution is 5.98. The number of carbonyl (C=O) groups excluding carboxylic acids is 2. The van der Waals surface area contributed by atoms with E-state index in [1.54, 1.807) is 22.8 Å². The smallest absolute Gasteiger partial charge is 0.246 e. The number of nitrogens with zero attached hydrogens (tertiary/aromatic N) is 5. The Hall–Kier alpha value is -2.58. The van der Waals surface area contributed by atoms with Crippen LogP contribution in [0.5, 0.6) is 0 Å². The Morgan fingerprint density at radius 2 is 2.17 bits per heavy atom. The van der Waals surface area contributed by atoms with Gasteiger partial charge in [0, 0.05) is 39.9 Å². The van der Waals surface area contributed by atoms with E-state index in [1.165, 1.54) is 0 Å². The Morgan fingerprint density at radius 1 is 1.38 bits per heavy atom. The van der Waals surface area contributed by atoms with Crippen LogP contribution in [0.15, 0.2) is 17.4 Å². The molecule has 0 aromatic carbocycles. The van der Waals surface area contributed by atoms with Crippen molar-refractivity contribution in [1.82, 2.24) is 25.3 Å². The van der Waals surface area contributed by atoms with Gasteiger partial charge in [-0.25, -0.2) is 0 Å². The Labute approximate surface area is 141 Å². The third kappa shape index (κ3) is 4.46. The molecule has 0 atom stereocenters. The molecule has 0 spiro atoms. The molecule has 2 rings (SSSR count). The lowest BCUT2D eigenvalue weighted by Gasteiger charge is -2.35. The summed E-state index contributed by atoms with van der Waals surface area (Å²) < 4.78 is 1.67. The van der Waals surface area contributed by atoms with Gasteiger partial charge in [0.2, 0.25) is 11.8 Å². The fraction of sp³-hybridized carbons (Fsp3) is 0.600. The fourth-order valence-corrected chi connectivity index (χ4v) is 2.49. The lowest BCUT2D eigenvalue weighted by atomic mass is 10.3. The molecule has 2 amide bonds. The van der Waals surface area contributed by atoms with Crippen LogP contribution < -0.4 is 15.5 Å². The number of aryl methyl sites for hydroxylation is 1. The van der Waals surface area contributed by atoms with E-state index >= 15 is 0 Å². The predicted molar refractivity (Wildman–Crippen MR) is 91.8 cm³/mol. The minimum Gasteiger partial charge on any atom is -0.355 e. The van der Waals surface area contributed by atoms with E-state index in [2.05, 4.69) is 20.7 Å². The van der Waals surface area contributed by atoms with Gasteiger partial charge in [-0.05, 0) is 6.42 Å². The largest absolute Gasteiger partial charge is 0.355 e. The highest BCUT2D eigenvalue weighted by Gasteiger charge is 2.27. The van der Waals surface area contributed by atoms with Crippen molar-refractivity contribution in [3.8, 4) is 0 Å². The SMILES string of the molecule is CCCNC(=O)CNC(=NC)N1CCN(c2cnn(C)c2)C(=O)C1. The minimum absolute atomic E-state index is 0.0207. The molecule has 2 N–H and O–H groups in total. The molecule has 0 saturated carbocycles. The number of carbonyl (C=O) groups is 2. The van der Waals surface area contributed by atoms with Crippen molar-refractivity contribution in [2.75, 3.05) is 44.7 Å². The second kappa shape index (κ2) is 8.32. The van der Waals surface area contributed by atoms with E-state index in [0.717, 1.165) is 12.1 Å². The Morgan fingerprint density at radius 3 is 2.75 bits per heavy atom. The highest BCUT2D eigenvalue weighted by atomic mass is 16.2. The van der Waals surface area contributed by atoms with Gasteiger partial charge in [0.05, 0.1) is 18.4 Å². The van der Waals surface area contributed by atoms with Gasteiger partial charge in [-0.1, -0.05) is 6.92 Å². The number of aromatic nitrogens is 2. The van der Waals surface area contributed by atoms with E-state index < -0.39 is 0 Å². The monoisotopic (exact) mass is 335 g/mol. The van der Waals surface area contributed by atoms with Crippen molar-refractivity contribution in [1.29, 1.82) is 0 Å². The number of rotatable bonds is 5. The van der Waals surface area contributed by atoms with Crippen LogP contribution in [0.2, 0.25) is 0 Å². The van der Waals surface area contributed by atoms with Crippen LogP contribution in [0, 0.1) is 0 Å². The molecule has 9 nitrogen and oxygen atoms in total. The van der Waals surface area contributed by atoms with Gasteiger partial charge in [-0.15, -0.1) is 0 Å². The standard InChI is InChI=1S/C15H25N7O2/c1-4-5-17-13(23)9-18-15(16-2)21-6-7-22(14(24)11-21)12-8-19-20(3)10-12/h8,10H,4-7,9,11H2,1-3H3,(H,16,18)(H,17,23). The summed E-state index contributed by atoms with van der Waals surface area (Å²) in [6.07, 6.45) is 4.39. The topological polar surface area (TPSA) is 94.9 Å². The molecule has 132 valence electrons. The van der Waals surface area contributed by atoms with Gasteiger partial charge < -0.3 is 20.4 Å². The van der Waals surface area contributed by atoms with Gasteiger partial charge in [-0.3, -0.25) is 19.3 Å². The maximum absolute atomic E-state index is 12.4. The molecule has 0 aliphatic carbocycles. The van der Waals surface area contributed by atoms with Gasteiger partial charge >= 0.3 is 0 Å². The zero-order valence-electron chi connectivity index (χ0n) is 14.4. The van der Waals surface area contributed by atoms with Crippen molar-refractivity contribution in [2.45, 2.75) is 13.3 Å². The normalized spacial score (nSPS) is 15.6. The average molecular weight is 335 g/mol. The number of guanidine groups is 1. The van der Waals surface area contributed by atoms with Crippen molar-refractivity contribution in [3.63, 3.8) is 0 Å². The van der Waals surface area contributed by atoms with Crippen molar-refractivity contribution in [2.24, 2.45) is 12.0 Å². The Bertz CT molecular complexity index is 611. The first-order valence-corrected chi connectivity index (χ1v) is 8.06. The summed E-state index contributed by atoms with van der Waals surface area (Å²) in [6, 6.07) is 0. The van der Waals surface area contributed by atoms with Crippen LogP contribution in [0.25, 0.3) is 0 Å². The first-order valence-electron chi connectivity index (χ1n) is 8.06. The van der Waals surface area contributed by atoms with Crippen LogP contribution in [-0.2, 0) is 16.6 Å². The number of aliphatic imine (C=N–C) groups is 1. The fourth-order valence-electron chi connectivity index (χ4n) is 2.49. The number of anilines is 1. The van der Waals surface area contributed by atoms with Crippen molar-refractivity contribution >= 4 is 23.5 Å². The zero-order valence-corrected chi connectivity index (χ0v) is 14.4. The molecule has 1 fully saturated rings. The molecule has 1 aliphatic rings. The van der Waals surface area contributed by atoms with Gasteiger partial charge in [0.1, 0.15) is 6.54 Å². The van der Waals surface area contributed by atoms with E-state index in [4.69, 9.17) is 0 Å². The minimum atomic E-state index is -0.0849. The van der Waals surface area contributed by atoms with Crippen molar-refractivity contribution in [3.05, 3.63) is 12.4 Å². The molecule has 0 bridgehead atoms. The molecule has 0 unspecified atom stereocenters. The number of amides is 2.